The fraction of sp³-hybridized carbons (Fsp3) is 0.375. The van der Waals surface area contributed by atoms with Gasteiger partial charge in [0.25, 0.3) is 10.0 Å². The number of rotatable bonds is 14. The largest absolute Gasteiger partial charge is 0.492 e. The van der Waals surface area contributed by atoms with Crippen molar-refractivity contribution in [1.29, 1.82) is 0 Å². The second kappa shape index (κ2) is 14.7. The molecule has 0 radical (unpaired) electrons. The van der Waals surface area contributed by atoms with Crippen LogP contribution in [0.15, 0.2) is 77.7 Å². The number of amides is 2. The number of sulfonamides is 1. The predicted molar refractivity (Wildman–Crippen MR) is 162 cm³/mol. The minimum atomic E-state index is -4.18. The minimum Gasteiger partial charge on any atom is -0.492 e. The van der Waals surface area contributed by atoms with E-state index in [0.717, 1.165) is 33.8 Å². The number of ether oxygens (including phenoxy) is 1. The van der Waals surface area contributed by atoms with Crippen LogP contribution in [0.2, 0.25) is 0 Å². The third kappa shape index (κ3) is 8.10. The third-order valence-electron chi connectivity index (χ3n) is 6.92. The summed E-state index contributed by atoms with van der Waals surface area (Å²) < 4.78 is 35.0. The van der Waals surface area contributed by atoms with Crippen LogP contribution >= 0.6 is 0 Å². The van der Waals surface area contributed by atoms with Crippen LogP contribution in [0.5, 0.6) is 5.75 Å². The fourth-order valence-corrected chi connectivity index (χ4v) is 5.81. The maximum Gasteiger partial charge on any atom is 0.264 e. The standard InChI is InChI=1S/C32H41N3O5S/c1-6-8-21-33-32(37)26(5)34(22-27-14-10-9-13-25(27)4)31(36)23-35(29-15-11-12-16-30(29)40-7-2)41(38,39)28-19-17-24(3)18-20-28/h9-20,26H,6-8,21-23H2,1-5H3,(H,33,37). The lowest BCUT2D eigenvalue weighted by atomic mass is 10.1. The molecule has 0 saturated heterocycles. The molecule has 1 unspecified atom stereocenters. The molecule has 3 aromatic rings. The van der Waals surface area contributed by atoms with Gasteiger partial charge >= 0.3 is 0 Å². The summed E-state index contributed by atoms with van der Waals surface area (Å²) in [6.07, 6.45) is 1.74. The highest BCUT2D eigenvalue weighted by Gasteiger charge is 2.33. The Morgan fingerprint density at radius 3 is 2.24 bits per heavy atom. The SMILES string of the molecule is CCCCNC(=O)C(C)N(Cc1ccccc1C)C(=O)CN(c1ccccc1OCC)S(=O)(=O)c1ccc(C)cc1. The first-order chi connectivity index (χ1) is 19.6. The second-order valence-corrected chi connectivity index (χ2v) is 11.9. The summed E-state index contributed by atoms with van der Waals surface area (Å²) in [6, 6.07) is 20.0. The Bertz CT molecular complexity index is 1420. The molecular formula is C32H41N3O5S. The lowest BCUT2D eigenvalue weighted by Crippen LogP contribution is -2.51. The highest BCUT2D eigenvalue weighted by Crippen LogP contribution is 2.33. The van der Waals surface area contributed by atoms with E-state index >= 15 is 0 Å². The Labute approximate surface area is 244 Å². The summed E-state index contributed by atoms with van der Waals surface area (Å²) in [5, 5.41) is 2.91. The van der Waals surface area contributed by atoms with E-state index in [-0.39, 0.29) is 23.0 Å². The van der Waals surface area contributed by atoms with Crippen molar-refractivity contribution in [2.75, 3.05) is 24.0 Å². The topological polar surface area (TPSA) is 96.0 Å². The number of unbranched alkanes of at least 4 members (excludes halogenated alkanes) is 1. The highest BCUT2D eigenvalue weighted by molar-refractivity contribution is 7.92. The van der Waals surface area contributed by atoms with Crippen molar-refractivity contribution in [3.05, 3.63) is 89.5 Å². The van der Waals surface area contributed by atoms with Crippen LogP contribution in [-0.4, -0.2) is 50.9 Å². The molecular weight excluding hydrogens is 538 g/mol. The first-order valence-electron chi connectivity index (χ1n) is 14.0. The number of aryl methyl sites for hydroxylation is 2. The smallest absolute Gasteiger partial charge is 0.264 e. The zero-order valence-electron chi connectivity index (χ0n) is 24.6. The van der Waals surface area contributed by atoms with E-state index in [1.807, 2.05) is 52.0 Å². The number of hydrogen-bond acceptors (Lipinski definition) is 5. The summed E-state index contributed by atoms with van der Waals surface area (Å²) >= 11 is 0. The molecule has 0 aliphatic heterocycles. The summed E-state index contributed by atoms with van der Waals surface area (Å²) in [4.78, 5) is 28.7. The molecule has 0 aromatic heterocycles. The Kier molecular flexibility index (Phi) is 11.3. The molecule has 0 spiro atoms. The number of hydrogen-bond donors (Lipinski definition) is 1. The average molecular weight is 580 g/mol. The first-order valence-corrected chi connectivity index (χ1v) is 15.5. The summed E-state index contributed by atoms with van der Waals surface area (Å²) in [5.74, 6) is -0.453. The number of nitrogens with zero attached hydrogens (tertiary/aromatic N) is 2. The quantitative estimate of drug-likeness (QED) is 0.264. The van der Waals surface area contributed by atoms with E-state index in [9.17, 15) is 18.0 Å². The van der Waals surface area contributed by atoms with Gasteiger partial charge in [0.05, 0.1) is 17.2 Å². The van der Waals surface area contributed by atoms with Crippen molar-refractivity contribution in [2.24, 2.45) is 0 Å². The van der Waals surface area contributed by atoms with Crippen LogP contribution in [0.25, 0.3) is 0 Å². The Hall–Kier alpha value is -3.85. The van der Waals surface area contributed by atoms with Crippen molar-refractivity contribution in [1.82, 2.24) is 10.2 Å². The van der Waals surface area contributed by atoms with Gasteiger partial charge < -0.3 is 15.0 Å². The third-order valence-corrected chi connectivity index (χ3v) is 8.69. The number of benzene rings is 3. The van der Waals surface area contributed by atoms with Gasteiger partial charge in [0.2, 0.25) is 11.8 Å². The molecule has 0 fully saturated rings. The van der Waals surface area contributed by atoms with Gasteiger partial charge in [-0.3, -0.25) is 13.9 Å². The molecule has 220 valence electrons. The van der Waals surface area contributed by atoms with Gasteiger partial charge in [-0.05, 0) is 69.5 Å². The molecule has 0 aliphatic rings. The van der Waals surface area contributed by atoms with Crippen LogP contribution < -0.4 is 14.4 Å². The van der Waals surface area contributed by atoms with E-state index in [0.29, 0.717) is 18.9 Å². The van der Waals surface area contributed by atoms with Crippen LogP contribution in [0, 0.1) is 13.8 Å². The van der Waals surface area contributed by atoms with Gasteiger partial charge in [0.1, 0.15) is 18.3 Å². The minimum absolute atomic E-state index is 0.0537. The van der Waals surface area contributed by atoms with Gasteiger partial charge in [0, 0.05) is 13.1 Å². The summed E-state index contributed by atoms with van der Waals surface area (Å²) in [6.45, 7) is 9.78. The average Bonchev–Trinajstić information content (AvgIpc) is 2.96. The Balaban J connectivity index is 2.06. The van der Waals surface area contributed by atoms with Gasteiger partial charge in [-0.1, -0.05) is 67.4 Å². The molecule has 3 aromatic carbocycles. The molecule has 3 rings (SSSR count). The zero-order valence-corrected chi connectivity index (χ0v) is 25.4. The van der Waals surface area contributed by atoms with E-state index in [1.54, 1.807) is 43.3 Å². The molecule has 0 saturated carbocycles. The summed E-state index contributed by atoms with van der Waals surface area (Å²) in [7, 11) is -4.18. The van der Waals surface area contributed by atoms with Gasteiger partial charge in [0.15, 0.2) is 0 Å². The number of anilines is 1. The molecule has 1 atom stereocenters. The predicted octanol–water partition coefficient (Wildman–Crippen LogP) is 5.23. The molecule has 0 heterocycles. The normalized spacial score (nSPS) is 11.9. The molecule has 41 heavy (non-hydrogen) atoms. The molecule has 2 amide bonds. The maximum atomic E-state index is 14.1. The van der Waals surface area contributed by atoms with Crippen LogP contribution in [0.4, 0.5) is 5.69 Å². The van der Waals surface area contributed by atoms with Crippen molar-refractivity contribution in [3.63, 3.8) is 0 Å². The molecule has 0 bridgehead atoms. The van der Waals surface area contributed by atoms with Gasteiger partial charge in [-0.15, -0.1) is 0 Å². The molecule has 9 heteroatoms. The van der Waals surface area contributed by atoms with E-state index < -0.39 is 28.5 Å². The molecule has 1 N–H and O–H groups in total. The maximum absolute atomic E-state index is 14.1. The van der Waals surface area contributed by atoms with Crippen molar-refractivity contribution in [2.45, 2.75) is 64.9 Å². The molecule has 0 aliphatic carbocycles. The van der Waals surface area contributed by atoms with Gasteiger partial charge in [-0.25, -0.2) is 8.42 Å². The summed E-state index contributed by atoms with van der Waals surface area (Å²) in [5.41, 5.74) is 3.00. The fourth-order valence-electron chi connectivity index (χ4n) is 4.38. The van der Waals surface area contributed by atoms with E-state index in [4.69, 9.17) is 4.74 Å². The Morgan fingerprint density at radius 1 is 0.927 bits per heavy atom. The number of carbonyl (C=O) groups excluding carboxylic acids is 2. The van der Waals surface area contributed by atoms with E-state index in [1.165, 1.54) is 17.0 Å². The van der Waals surface area contributed by atoms with Gasteiger partial charge in [-0.2, -0.15) is 0 Å². The highest BCUT2D eigenvalue weighted by atomic mass is 32.2. The second-order valence-electron chi connectivity index (χ2n) is 9.99. The van der Waals surface area contributed by atoms with Crippen molar-refractivity contribution >= 4 is 27.5 Å². The van der Waals surface area contributed by atoms with Crippen LogP contribution in [0.3, 0.4) is 0 Å². The van der Waals surface area contributed by atoms with Crippen molar-refractivity contribution in [3.8, 4) is 5.75 Å². The lowest BCUT2D eigenvalue weighted by molar-refractivity contribution is -0.139. The van der Waals surface area contributed by atoms with Crippen LogP contribution in [-0.2, 0) is 26.2 Å². The number of para-hydroxylation sites is 2. The van der Waals surface area contributed by atoms with E-state index in [2.05, 4.69) is 5.32 Å². The zero-order chi connectivity index (χ0) is 30.0. The lowest BCUT2D eigenvalue weighted by Gasteiger charge is -2.32. The first kappa shape index (κ1) is 31.7. The van der Waals surface area contributed by atoms with Crippen LogP contribution in [0.1, 0.15) is 50.3 Å². The number of nitrogens with one attached hydrogen (secondary N) is 1. The monoisotopic (exact) mass is 579 g/mol. The molecule has 8 nitrogen and oxygen atoms in total. The van der Waals surface area contributed by atoms with Crippen molar-refractivity contribution < 1.29 is 22.7 Å². The number of carbonyl (C=O) groups is 2. The Morgan fingerprint density at radius 2 is 1.59 bits per heavy atom.